The Kier molecular flexibility index (Phi) is 3.90. The van der Waals surface area contributed by atoms with Gasteiger partial charge in [-0.3, -0.25) is 19.5 Å². The Morgan fingerprint density at radius 3 is 2.54 bits per heavy atom. The zero-order chi connectivity index (χ0) is 18.3. The molecule has 0 aliphatic carbocycles. The summed E-state index contributed by atoms with van der Waals surface area (Å²) in [5, 5.41) is 6.56. The van der Waals surface area contributed by atoms with Gasteiger partial charge in [-0.05, 0) is 31.9 Å². The van der Waals surface area contributed by atoms with Gasteiger partial charge in [0.05, 0.1) is 6.26 Å². The van der Waals surface area contributed by atoms with Gasteiger partial charge in [0.1, 0.15) is 0 Å². The lowest BCUT2D eigenvalue weighted by Gasteiger charge is -2.53. The Labute approximate surface area is 149 Å². The first-order chi connectivity index (χ1) is 12.5. The normalized spacial score (nSPS) is 18.7. The van der Waals surface area contributed by atoms with Gasteiger partial charge in [-0.1, -0.05) is 0 Å². The van der Waals surface area contributed by atoms with Gasteiger partial charge in [0.15, 0.2) is 11.5 Å². The monoisotopic (exact) mass is 356 g/mol. The smallest absolute Gasteiger partial charge is 0.289 e. The Hall–Kier alpha value is -2.90. The van der Waals surface area contributed by atoms with E-state index in [1.165, 1.54) is 12.3 Å². The maximum atomic E-state index is 12.5. The highest BCUT2D eigenvalue weighted by Gasteiger charge is 2.48. The van der Waals surface area contributed by atoms with Crippen molar-refractivity contribution in [1.82, 2.24) is 20.0 Å². The van der Waals surface area contributed by atoms with Crippen LogP contribution in [0.5, 0.6) is 0 Å². The minimum Gasteiger partial charge on any atom is -0.459 e. The van der Waals surface area contributed by atoms with Crippen molar-refractivity contribution in [3.05, 3.63) is 51.8 Å². The number of carbonyl (C=O) groups is 2. The summed E-state index contributed by atoms with van der Waals surface area (Å²) in [4.78, 5) is 40.2. The summed E-state index contributed by atoms with van der Waals surface area (Å²) in [6.45, 7) is 4.21. The summed E-state index contributed by atoms with van der Waals surface area (Å²) in [5.41, 5.74) is 0.245. The van der Waals surface area contributed by atoms with Crippen LogP contribution in [0.2, 0.25) is 0 Å². The van der Waals surface area contributed by atoms with Crippen LogP contribution in [0, 0.1) is 12.3 Å². The van der Waals surface area contributed by atoms with Crippen molar-refractivity contribution < 1.29 is 14.0 Å². The van der Waals surface area contributed by atoms with Crippen molar-refractivity contribution in [2.45, 2.75) is 19.8 Å². The average Bonchev–Trinajstić information content (AvgIpc) is 3.13. The van der Waals surface area contributed by atoms with Crippen molar-refractivity contribution in [2.24, 2.45) is 5.41 Å². The molecular weight excluding hydrogens is 336 g/mol. The number of piperidine rings is 1. The zero-order valence-corrected chi connectivity index (χ0v) is 14.5. The Balaban J connectivity index is 1.35. The van der Waals surface area contributed by atoms with Crippen LogP contribution in [-0.4, -0.2) is 58.0 Å². The van der Waals surface area contributed by atoms with Crippen molar-refractivity contribution in [2.75, 3.05) is 26.2 Å². The molecule has 2 aromatic heterocycles. The number of nitrogens with zero attached hydrogens (tertiary/aromatic N) is 3. The van der Waals surface area contributed by atoms with Gasteiger partial charge >= 0.3 is 0 Å². The number of aromatic nitrogens is 2. The Morgan fingerprint density at radius 2 is 1.92 bits per heavy atom. The number of amides is 2. The van der Waals surface area contributed by atoms with E-state index in [1.807, 2.05) is 0 Å². The molecule has 2 aliphatic rings. The highest BCUT2D eigenvalue weighted by Crippen LogP contribution is 2.41. The number of hydrogen-bond acceptors (Lipinski definition) is 5. The van der Waals surface area contributed by atoms with Gasteiger partial charge in [0.2, 0.25) is 5.43 Å². The lowest BCUT2D eigenvalue weighted by atomic mass is 9.72. The highest BCUT2D eigenvalue weighted by atomic mass is 16.3. The molecule has 2 aliphatic heterocycles. The SMILES string of the molecule is Cc1cc(=O)c(C(=O)N2CC3(CCN(C(=O)c4ccco4)CC3)C2)n[nH]1. The lowest BCUT2D eigenvalue weighted by molar-refractivity contribution is -0.0296. The fourth-order valence-electron chi connectivity index (χ4n) is 3.76. The molecule has 1 spiro atoms. The number of nitrogens with one attached hydrogen (secondary N) is 1. The van der Waals surface area contributed by atoms with Crippen LogP contribution in [0.1, 0.15) is 39.6 Å². The molecule has 0 aromatic carbocycles. The first-order valence-corrected chi connectivity index (χ1v) is 8.66. The molecule has 8 nitrogen and oxygen atoms in total. The summed E-state index contributed by atoms with van der Waals surface area (Å²) in [6, 6.07) is 4.76. The Bertz CT molecular complexity index is 886. The third kappa shape index (κ3) is 2.81. The molecule has 2 aromatic rings. The average molecular weight is 356 g/mol. The molecule has 2 fully saturated rings. The molecule has 2 saturated heterocycles. The van der Waals surface area contributed by atoms with Crippen LogP contribution in [0.15, 0.2) is 33.7 Å². The van der Waals surface area contributed by atoms with Gasteiger partial charge < -0.3 is 14.2 Å². The van der Waals surface area contributed by atoms with Gasteiger partial charge in [-0.25, -0.2) is 0 Å². The molecule has 26 heavy (non-hydrogen) atoms. The van der Waals surface area contributed by atoms with E-state index in [1.54, 1.807) is 28.9 Å². The fraction of sp³-hybridized carbons (Fsp3) is 0.444. The van der Waals surface area contributed by atoms with E-state index in [0.29, 0.717) is 37.6 Å². The summed E-state index contributed by atoms with van der Waals surface area (Å²) < 4.78 is 5.17. The molecule has 0 saturated carbocycles. The van der Waals surface area contributed by atoms with Crippen LogP contribution >= 0.6 is 0 Å². The van der Waals surface area contributed by atoms with Gasteiger partial charge in [-0.15, -0.1) is 0 Å². The molecule has 2 amide bonds. The van der Waals surface area contributed by atoms with Gasteiger partial charge in [-0.2, -0.15) is 5.10 Å². The molecule has 8 heteroatoms. The second-order valence-electron chi connectivity index (χ2n) is 7.19. The van der Waals surface area contributed by atoms with Crippen molar-refractivity contribution >= 4 is 11.8 Å². The molecule has 0 atom stereocenters. The topological polar surface area (TPSA) is 99.5 Å². The first-order valence-electron chi connectivity index (χ1n) is 8.66. The number of hydrogen-bond donors (Lipinski definition) is 1. The molecule has 0 bridgehead atoms. The van der Waals surface area contributed by atoms with E-state index in [4.69, 9.17) is 4.42 Å². The van der Waals surface area contributed by atoms with E-state index in [9.17, 15) is 14.4 Å². The van der Waals surface area contributed by atoms with Crippen molar-refractivity contribution in [1.29, 1.82) is 0 Å². The van der Waals surface area contributed by atoms with Gasteiger partial charge in [0, 0.05) is 43.4 Å². The maximum absolute atomic E-state index is 12.5. The highest BCUT2D eigenvalue weighted by molar-refractivity contribution is 5.93. The number of carbonyl (C=O) groups excluding carboxylic acids is 2. The second-order valence-corrected chi connectivity index (χ2v) is 7.19. The lowest BCUT2D eigenvalue weighted by Crippen LogP contribution is -2.62. The van der Waals surface area contributed by atoms with Crippen LogP contribution in [-0.2, 0) is 0 Å². The molecule has 0 unspecified atom stereocenters. The van der Waals surface area contributed by atoms with Gasteiger partial charge in [0.25, 0.3) is 11.8 Å². The predicted octanol–water partition coefficient (Wildman–Crippen LogP) is 1.05. The van der Waals surface area contributed by atoms with Crippen LogP contribution in [0.25, 0.3) is 0 Å². The molecule has 4 rings (SSSR count). The summed E-state index contributed by atoms with van der Waals surface area (Å²) in [5.74, 6) is -0.0607. The predicted molar refractivity (Wildman–Crippen MR) is 91.8 cm³/mol. The molecule has 0 radical (unpaired) electrons. The molecule has 1 N–H and O–H groups in total. The van der Waals surface area contributed by atoms with E-state index in [-0.39, 0.29) is 28.4 Å². The van der Waals surface area contributed by atoms with E-state index < -0.39 is 0 Å². The number of aromatic amines is 1. The largest absolute Gasteiger partial charge is 0.459 e. The van der Waals surface area contributed by atoms with Crippen molar-refractivity contribution in [3.63, 3.8) is 0 Å². The summed E-state index contributed by atoms with van der Waals surface area (Å²) in [6.07, 6.45) is 3.16. The van der Waals surface area contributed by atoms with Crippen LogP contribution in [0.4, 0.5) is 0 Å². The zero-order valence-electron chi connectivity index (χ0n) is 14.5. The molecule has 136 valence electrons. The minimum absolute atomic E-state index is 0.0348. The van der Waals surface area contributed by atoms with E-state index >= 15 is 0 Å². The summed E-state index contributed by atoms with van der Waals surface area (Å²) in [7, 11) is 0. The Morgan fingerprint density at radius 1 is 1.19 bits per heavy atom. The molecule has 4 heterocycles. The van der Waals surface area contributed by atoms with Crippen molar-refractivity contribution in [3.8, 4) is 0 Å². The third-order valence-corrected chi connectivity index (χ3v) is 5.31. The standard InChI is InChI=1S/C18H20N4O4/c1-12-9-13(23)15(20-19-12)17(25)22-10-18(11-22)4-6-21(7-5-18)16(24)14-3-2-8-26-14/h2-3,8-9H,4-7,10-11H2,1H3,(H,19,23). The maximum Gasteiger partial charge on any atom is 0.289 e. The quantitative estimate of drug-likeness (QED) is 0.867. The number of rotatable bonds is 2. The van der Waals surface area contributed by atoms with Crippen LogP contribution in [0.3, 0.4) is 0 Å². The number of likely N-dealkylation sites (tertiary alicyclic amines) is 2. The number of H-pyrrole nitrogens is 1. The van der Waals surface area contributed by atoms with Crippen LogP contribution < -0.4 is 5.43 Å². The second kappa shape index (κ2) is 6.12. The first kappa shape index (κ1) is 16.6. The number of furan rings is 1. The minimum atomic E-state index is -0.355. The fourth-order valence-corrected chi connectivity index (χ4v) is 3.76. The van der Waals surface area contributed by atoms with E-state index in [0.717, 1.165) is 12.8 Å². The molecular formula is C18H20N4O4. The number of aryl methyl sites for hydroxylation is 1. The third-order valence-electron chi connectivity index (χ3n) is 5.31. The summed E-state index contributed by atoms with van der Waals surface area (Å²) >= 11 is 0. The van der Waals surface area contributed by atoms with E-state index in [2.05, 4.69) is 10.2 Å².